The molecule has 0 unspecified atom stereocenters. The fourth-order valence-corrected chi connectivity index (χ4v) is 3.16. The van der Waals surface area contributed by atoms with E-state index in [-0.39, 0.29) is 38.5 Å². The van der Waals surface area contributed by atoms with E-state index in [2.05, 4.69) is 0 Å². The topological polar surface area (TPSA) is 109 Å². The van der Waals surface area contributed by atoms with Crippen molar-refractivity contribution in [2.24, 2.45) is 0 Å². The molecule has 3 aromatic carbocycles. The van der Waals surface area contributed by atoms with Gasteiger partial charge in [0.15, 0.2) is 0 Å². The molecule has 1 aromatic heterocycles. The first-order valence-electron chi connectivity index (χ1n) is 9.28. The maximum atomic E-state index is 12.7. The van der Waals surface area contributed by atoms with E-state index in [1.807, 2.05) is 19.1 Å². The van der Waals surface area contributed by atoms with Crippen molar-refractivity contribution in [2.75, 3.05) is 0 Å². The summed E-state index contributed by atoms with van der Waals surface area (Å²) in [5.41, 5.74) is 0.305. The fraction of sp³-hybridized carbons (Fsp3) is 0.0435. The molecule has 0 atom stereocenters. The van der Waals surface area contributed by atoms with Crippen LogP contribution in [0, 0.1) is 17.0 Å². The Labute approximate surface area is 185 Å². The number of carbonyl (C=O) groups excluding carboxylic acids is 1. The van der Waals surface area contributed by atoms with E-state index < -0.39 is 16.6 Å². The minimum absolute atomic E-state index is 0.0151. The lowest BCUT2D eigenvalue weighted by atomic mass is 10.2. The third kappa shape index (κ3) is 4.30. The molecule has 8 nitrogen and oxygen atoms in total. The Balaban J connectivity index is 1.59. The van der Waals surface area contributed by atoms with Gasteiger partial charge >= 0.3 is 5.97 Å². The monoisotopic (exact) mass is 451 g/mol. The highest BCUT2D eigenvalue weighted by Gasteiger charge is 2.18. The first-order chi connectivity index (χ1) is 15.3. The molecule has 9 heteroatoms. The largest absolute Gasteiger partial charge is 0.460 e. The molecule has 0 aliphatic heterocycles. The van der Waals surface area contributed by atoms with Gasteiger partial charge in [0.1, 0.15) is 28.4 Å². The summed E-state index contributed by atoms with van der Waals surface area (Å²) in [6, 6.07) is 15.0. The van der Waals surface area contributed by atoms with Crippen LogP contribution in [-0.2, 0) is 0 Å². The number of carbonyl (C=O) groups is 1. The van der Waals surface area contributed by atoms with Crippen molar-refractivity contribution < 1.29 is 23.6 Å². The number of aryl methyl sites for hydroxylation is 1. The second kappa shape index (κ2) is 8.52. The highest BCUT2D eigenvalue weighted by Crippen LogP contribution is 2.27. The van der Waals surface area contributed by atoms with Crippen LogP contribution < -0.4 is 14.9 Å². The minimum Gasteiger partial charge on any atom is -0.460 e. The van der Waals surface area contributed by atoms with E-state index in [0.29, 0.717) is 5.75 Å². The van der Waals surface area contributed by atoms with Crippen molar-refractivity contribution in [3.8, 4) is 17.2 Å². The number of nitro groups is 1. The van der Waals surface area contributed by atoms with Crippen LogP contribution in [0.4, 0.5) is 5.69 Å². The van der Waals surface area contributed by atoms with E-state index >= 15 is 0 Å². The summed E-state index contributed by atoms with van der Waals surface area (Å²) >= 11 is 5.76. The average molecular weight is 452 g/mol. The smallest absolute Gasteiger partial charge is 0.343 e. The molecular formula is C23H14ClNO7. The maximum absolute atomic E-state index is 12.7. The first kappa shape index (κ1) is 21.1. The van der Waals surface area contributed by atoms with Gasteiger partial charge in [-0.25, -0.2) is 4.79 Å². The highest BCUT2D eigenvalue weighted by atomic mass is 35.5. The summed E-state index contributed by atoms with van der Waals surface area (Å²) in [6.45, 7) is 1.90. The van der Waals surface area contributed by atoms with E-state index in [4.69, 9.17) is 25.5 Å². The zero-order valence-corrected chi connectivity index (χ0v) is 17.3. The Morgan fingerprint density at radius 1 is 1.06 bits per heavy atom. The number of benzene rings is 3. The Hall–Kier alpha value is -4.17. The summed E-state index contributed by atoms with van der Waals surface area (Å²) < 4.78 is 16.4. The predicted molar refractivity (Wildman–Crippen MR) is 117 cm³/mol. The Morgan fingerprint density at radius 2 is 1.88 bits per heavy atom. The Morgan fingerprint density at radius 3 is 2.62 bits per heavy atom. The maximum Gasteiger partial charge on any atom is 0.343 e. The van der Waals surface area contributed by atoms with Crippen LogP contribution in [0.3, 0.4) is 0 Å². The van der Waals surface area contributed by atoms with Gasteiger partial charge in [0.05, 0.1) is 15.9 Å². The van der Waals surface area contributed by atoms with E-state index in [1.165, 1.54) is 36.6 Å². The Kier molecular flexibility index (Phi) is 5.61. The van der Waals surface area contributed by atoms with Crippen molar-refractivity contribution in [2.45, 2.75) is 6.92 Å². The molecule has 0 fully saturated rings. The van der Waals surface area contributed by atoms with Gasteiger partial charge < -0.3 is 13.9 Å². The fourth-order valence-electron chi connectivity index (χ4n) is 2.98. The average Bonchev–Trinajstić information content (AvgIpc) is 2.76. The van der Waals surface area contributed by atoms with Gasteiger partial charge in [-0.15, -0.1) is 0 Å². The lowest BCUT2D eigenvalue weighted by Gasteiger charge is -2.08. The van der Waals surface area contributed by atoms with Gasteiger partial charge in [-0.2, -0.15) is 0 Å². The van der Waals surface area contributed by atoms with Crippen LogP contribution in [-0.4, -0.2) is 10.9 Å². The van der Waals surface area contributed by atoms with Gasteiger partial charge in [-0.1, -0.05) is 23.7 Å². The molecule has 4 aromatic rings. The van der Waals surface area contributed by atoms with Crippen molar-refractivity contribution in [3.63, 3.8) is 0 Å². The van der Waals surface area contributed by atoms with Crippen LogP contribution in [0.1, 0.15) is 15.9 Å². The molecule has 0 radical (unpaired) electrons. The number of hydrogen-bond acceptors (Lipinski definition) is 7. The van der Waals surface area contributed by atoms with Crippen LogP contribution in [0.15, 0.2) is 76.1 Å². The quantitative estimate of drug-likeness (QED) is 0.166. The van der Waals surface area contributed by atoms with Crippen LogP contribution in [0.2, 0.25) is 5.02 Å². The molecular weight excluding hydrogens is 438 g/mol. The SMILES string of the molecule is Cc1cccc(Oc2coc3cc(OC(=O)c4ccc(Cl)c([N+](=O)[O-])c4)ccc3c2=O)c1. The molecule has 4 rings (SSSR count). The van der Waals surface area contributed by atoms with Gasteiger partial charge in [-0.05, 0) is 48.9 Å². The molecule has 1 heterocycles. The number of halogens is 1. The number of fused-ring (bicyclic) bond motifs is 1. The number of hydrogen-bond donors (Lipinski definition) is 0. The summed E-state index contributed by atoms with van der Waals surface area (Å²) in [4.78, 5) is 35.4. The number of ether oxygens (including phenoxy) is 2. The summed E-state index contributed by atoms with van der Waals surface area (Å²) in [5, 5.41) is 11.1. The van der Waals surface area contributed by atoms with E-state index in [0.717, 1.165) is 11.6 Å². The van der Waals surface area contributed by atoms with Crippen LogP contribution >= 0.6 is 11.6 Å². The summed E-state index contributed by atoms with van der Waals surface area (Å²) in [5.74, 6) is -0.220. The number of rotatable bonds is 5. The van der Waals surface area contributed by atoms with Crippen molar-refractivity contribution in [1.82, 2.24) is 0 Å². The molecule has 0 amide bonds. The van der Waals surface area contributed by atoms with Gasteiger partial charge in [0.2, 0.25) is 11.2 Å². The van der Waals surface area contributed by atoms with Crippen molar-refractivity contribution in [3.05, 3.63) is 103 Å². The second-order valence-electron chi connectivity index (χ2n) is 6.82. The molecule has 160 valence electrons. The third-order valence-corrected chi connectivity index (χ3v) is 4.84. The van der Waals surface area contributed by atoms with Crippen LogP contribution in [0.25, 0.3) is 11.0 Å². The minimum atomic E-state index is -0.828. The molecule has 0 aliphatic rings. The molecule has 0 spiro atoms. The lowest BCUT2D eigenvalue weighted by Crippen LogP contribution is -2.09. The third-order valence-electron chi connectivity index (χ3n) is 4.52. The molecule has 0 saturated carbocycles. The van der Waals surface area contributed by atoms with E-state index in [1.54, 1.807) is 12.1 Å². The molecule has 0 N–H and O–H groups in total. The first-order valence-corrected chi connectivity index (χ1v) is 9.66. The van der Waals surface area contributed by atoms with Gasteiger partial charge in [0, 0.05) is 12.1 Å². The van der Waals surface area contributed by atoms with Crippen molar-refractivity contribution in [1.29, 1.82) is 0 Å². The normalized spacial score (nSPS) is 10.7. The predicted octanol–water partition coefficient (Wildman–Crippen LogP) is 5.67. The molecule has 0 saturated heterocycles. The lowest BCUT2D eigenvalue weighted by molar-refractivity contribution is -0.384. The van der Waals surface area contributed by atoms with Crippen molar-refractivity contribution >= 4 is 34.2 Å². The van der Waals surface area contributed by atoms with Crippen LogP contribution in [0.5, 0.6) is 17.2 Å². The zero-order chi connectivity index (χ0) is 22.8. The number of nitrogens with zero attached hydrogens (tertiary/aromatic N) is 1. The van der Waals surface area contributed by atoms with E-state index in [9.17, 15) is 19.7 Å². The number of esters is 1. The highest BCUT2D eigenvalue weighted by molar-refractivity contribution is 6.32. The Bertz CT molecular complexity index is 1430. The summed E-state index contributed by atoms with van der Waals surface area (Å²) in [7, 11) is 0. The molecule has 0 aliphatic carbocycles. The van der Waals surface area contributed by atoms with Gasteiger partial charge in [-0.3, -0.25) is 14.9 Å². The number of nitro benzene ring substituents is 1. The second-order valence-corrected chi connectivity index (χ2v) is 7.23. The zero-order valence-electron chi connectivity index (χ0n) is 16.5. The van der Waals surface area contributed by atoms with Gasteiger partial charge in [0.25, 0.3) is 5.69 Å². The molecule has 32 heavy (non-hydrogen) atoms. The summed E-state index contributed by atoms with van der Waals surface area (Å²) in [6.07, 6.45) is 1.18. The molecule has 0 bridgehead atoms. The standard InChI is InChI=1S/C23H14ClNO7/c1-13-3-2-4-15(9-13)31-21-12-30-20-11-16(6-7-17(20)22(21)26)32-23(27)14-5-8-18(24)19(10-14)25(28)29/h2-12H,1H3.